The molecule has 4 nitrogen and oxygen atoms in total. The Bertz CT molecular complexity index is 432. The van der Waals surface area contributed by atoms with Crippen LogP contribution in [0, 0.1) is 0 Å². The first-order valence-corrected chi connectivity index (χ1v) is 7.93. The van der Waals surface area contributed by atoms with Gasteiger partial charge in [-0.2, -0.15) is 11.8 Å². The molecule has 0 radical (unpaired) electrons. The lowest BCUT2D eigenvalue weighted by molar-refractivity contribution is 0.0742. The number of pyridine rings is 1. The Morgan fingerprint density at radius 3 is 3.11 bits per heavy atom. The number of rotatable bonds is 5. The molecule has 2 heterocycles. The third kappa shape index (κ3) is 3.62. The fraction of sp³-hybridized carbons (Fsp3) is 0.571. The second kappa shape index (κ2) is 6.80. The van der Waals surface area contributed by atoms with Crippen LogP contribution in [0.2, 0.25) is 0 Å². The van der Waals surface area contributed by atoms with Crippen molar-refractivity contribution in [3.8, 4) is 0 Å². The molecule has 1 saturated heterocycles. The third-order valence-corrected chi connectivity index (χ3v) is 4.44. The zero-order valence-corrected chi connectivity index (χ0v) is 12.4. The van der Waals surface area contributed by atoms with E-state index in [4.69, 9.17) is 0 Å². The van der Waals surface area contributed by atoms with Crippen LogP contribution in [0.4, 0.5) is 5.82 Å². The fourth-order valence-corrected chi connectivity index (χ4v) is 3.35. The van der Waals surface area contributed by atoms with E-state index in [2.05, 4.69) is 17.2 Å². The molecule has 0 aliphatic carbocycles. The second-order valence-electron chi connectivity index (χ2n) is 4.77. The van der Waals surface area contributed by atoms with Gasteiger partial charge in [-0.15, -0.1) is 0 Å². The highest BCUT2D eigenvalue weighted by Gasteiger charge is 2.25. The van der Waals surface area contributed by atoms with Gasteiger partial charge in [-0.05, 0) is 30.7 Å². The standard InChI is InChI=1S/C14H21N3OS/c1-3-8-15-13-6-4-5-12(16-13)14(18)17(2)11-7-9-19-10-11/h4-6,11H,3,7-10H2,1-2H3,(H,15,16). The molecule has 1 aromatic heterocycles. The van der Waals surface area contributed by atoms with Crippen LogP contribution in [-0.4, -0.2) is 46.9 Å². The topological polar surface area (TPSA) is 45.2 Å². The van der Waals surface area contributed by atoms with Gasteiger partial charge < -0.3 is 10.2 Å². The number of nitrogens with one attached hydrogen (secondary N) is 1. The predicted octanol–water partition coefficient (Wildman–Crippen LogP) is 2.48. The average Bonchev–Trinajstić information content (AvgIpc) is 2.98. The first kappa shape index (κ1) is 14.2. The molecule has 1 N–H and O–H groups in total. The van der Waals surface area contributed by atoms with E-state index >= 15 is 0 Å². The second-order valence-corrected chi connectivity index (χ2v) is 5.92. The monoisotopic (exact) mass is 279 g/mol. The number of hydrogen-bond donors (Lipinski definition) is 1. The van der Waals surface area contributed by atoms with Crippen LogP contribution in [0.5, 0.6) is 0 Å². The van der Waals surface area contributed by atoms with E-state index in [1.807, 2.05) is 35.8 Å². The normalized spacial score (nSPS) is 18.3. The zero-order chi connectivity index (χ0) is 13.7. The molecule has 19 heavy (non-hydrogen) atoms. The molecule has 1 aromatic rings. The fourth-order valence-electron chi connectivity index (χ4n) is 2.08. The molecule has 5 heteroatoms. The summed E-state index contributed by atoms with van der Waals surface area (Å²) in [6.45, 7) is 2.98. The molecule has 1 amide bonds. The lowest BCUT2D eigenvalue weighted by Crippen LogP contribution is -2.37. The maximum atomic E-state index is 12.4. The predicted molar refractivity (Wildman–Crippen MR) is 80.8 cm³/mol. The number of hydrogen-bond acceptors (Lipinski definition) is 4. The van der Waals surface area contributed by atoms with Crippen molar-refractivity contribution in [3.05, 3.63) is 23.9 Å². The van der Waals surface area contributed by atoms with Crippen LogP contribution in [0.1, 0.15) is 30.3 Å². The average molecular weight is 279 g/mol. The van der Waals surface area contributed by atoms with Gasteiger partial charge in [-0.3, -0.25) is 4.79 Å². The molecule has 0 aromatic carbocycles. The Labute approximate surface area is 119 Å². The molecule has 0 spiro atoms. The van der Waals surface area contributed by atoms with Crippen molar-refractivity contribution in [1.82, 2.24) is 9.88 Å². The maximum absolute atomic E-state index is 12.4. The van der Waals surface area contributed by atoms with E-state index in [1.165, 1.54) is 0 Å². The lowest BCUT2D eigenvalue weighted by Gasteiger charge is -2.23. The summed E-state index contributed by atoms with van der Waals surface area (Å²) in [7, 11) is 1.88. The maximum Gasteiger partial charge on any atom is 0.272 e. The number of nitrogens with zero attached hydrogens (tertiary/aromatic N) is 2. The minimum absolute atomic E-state index is 0.0210. The number of aromatic nitrogens is 1. The lowest BCUT2D eigenvalue weighted by atomic mass is 10.2. The van der Waals surface area contributed by atoms with E-state index in [1.54, 1.807) is 6.07 Å². The highest BCUT2D eigenvalue weighted by atomic mass is 32.2. The number of thioether (sulfide) groups is 1. The molecule has 1 unspecified atom stereocenters. The first-order valence-electron chi connectivity index (χ1n) is 6.78. The first-order chi connectivity index (χ1) is 9.22. The van der Waals surface area contributed by atoms with Crippen molar-refractivity contribution in [2.24, 2.45) is 0 Å². The summed E-state index contributed by atoms with van der Waals surface area (Å²) >= 11 is 1.91. The molecule has 0 bridgehead atoms. The quantitative estimate of drug-likeness (QED) is 0.899. The summed E-state index contributed by atoms with van der Waals surface area (Å²) in [5, 5.41) is 3.21. The minimum Gasteiger partial charge on any atom is -0.370 e. The van der Waals surface area contributed by atoms with Crippen molar-refractivity contribution in [3.63, 3.8) is 0 Å². The van der Waals surface area contributed by atoms with E-state index in [0.717, 1.165) is 36.7 Å². The van der Waals surface area contributed by atoms with Gasteiger partial charge in [0.2, 0.25) is 0 Å². The highest BCUT2D eigenvalue weighted by Crippen LogP contribution is 2.22. The molecular weight excluding hydrogens is 258 g/mol. The van der Waals surface area contributed by atoms with Gasteiger partial charge in [0.15, 0.2) is 0 Å². The minimum atomic E-state index is 0.0210. The number of carbonyl (C=O) groups excluding carboxylic acids is 1. The van der Waals surface area contributed by atoms with Crippen molar-refractivity contribution < 1.29 is 4.79 Å². The van der Waals surface area contributed by atoms with Crippen LogP contribution >= 0.6 is 11.8 Å². The van der Waals surface area contributed by atoms with Gasteiger partial charge in [0.25, 0.3) is 5.91 Å². The molecular formula is C14H21N3OS. The van der Waals surface area contributed by atoms with Gasteiger partial charge >= 0.3 is 0 Å². The molecule has 1 fully saturated rings. The van der Waals surface area contributed by atoms with Crippen LogP contribution in [0.25, 0.3) is 0 Å². The number of carbonyl (C=O) groups is 1. The van der Waals surface area contributed by atoms with Crippen molar-refractivity contribution in [2.75, 3.05) is 30.4 Å². The largest absolute Gasteiger partial charge is 0.370 e. The molecule has 1 aliphatic heterocycles. The van der Waals surface area contributed by atoms with Crippen LogP contribution < -0.4 is 5.32 Å². The molecule has 2 rings (SSSR count). The molecule has 104 valence electrons. The highest BCUT2D eigenvalue weighted by molar-refractivity contribution is 7.99. The SMILES string of the molecule is CCCNc1cccc(C(=O)N(C)C2CCSC2)n1. The summed E-state index contributed by atoms with van der Waals surface area (Å²) in [5.41, 5.74) is 0.528. The summed E-state index contributed by atoms with van der Waals surface area (Å²) in [6, 6.07) is 5.93. The Morgan fingerprint density at radius 1 is 1.58 bits per heavy atom. The van der Waals surface area contributed by atoms with Crippen LogP contribution in [-0.2, 0) is 0 Å². The van der Waals surface area contributed by atoms with Gasteiger partial charge in [-0.25, -0.2) is 4.98 Å². The van der Waals surface area contributed by atoms with E-state index < -0.39 is 0 Å². The third-order valence-electron chi connectivity index (χ3n) is 3.30. The Morgan fingerprint density at radius 2 is 2.42 bits per heavy atom. The Kier molecular flexibility index (Phi) is 5.07. The smallest absolute Gasteiger partial charge is 0.272 e. The Hall–Kier alpha value is -1.23. The van der Waals surface area contributed by atoms with Gasteiger partial charge in [0.05, 0.1) is 0 Å². The summed E-state index contributed by atoms with van der Waals surface area (Å²) < 4.78 is 0. The summed E-state index contributed by atoms with van der Waals surface area (Å²) in [6.07, 6.45) is 2.12. The van der Waals surface area contributed by atoms with E-state index in [0.29, 0.717) is 11.7 Å². The number of anilines is 1. The van der Waals surface area contributed by atoms with Gasteiger partial charge in [0, 0.05) is 25.4 Å². The zero-order valence-electron chi connectivity index (χ0n) is 11.6. The van der Waals surface area contributed by atoms with Crippen LogP contribution in [0.3, 0.4) is 0 Å². The molecule has 1 aliphatic rings. The van der Waals surface area contributed by atoms with Crippen molar-refractivity contribution in [2.45, 2.75) is 25.8 Å². The molecule has 1 atom stereocenters. The van der Waals surface area contributed by atoms with Crippen molar-refractivity contribution in [1.29, 1.82) is 0 Å². The Balaban J connectivity index is 2.05. The van der Waals surface area contributed by atoms with Gasteiger partial charge in [0.1, 0.15) is 11.5 Å². The summed E-state index contributed by atoms with van der Waals surface area (Å²) in [4.78, 5) is 18.6. The molecule has 0 saturated carbocycles. The van der Waals surface area contributed by atoms with Crippen LogP contribution in [0.15, 0.2) is 18.2 Å². The van der Waals surface area contributed by atoms with E-state index in [9.17, 15) is 4.79 Å². The van der Waals surface area contributed by atoms with Crippen molar-refractivity contribution >= 4 is 23.5 Å². The number of amides is 1. The van der Waals surface area contributed by atoms with E-state index in [-0.39, 0.29) is 5.91 Å². The van der Waals surface area contributed by atoms with Gasteiger partial charge in [-0.1, -0.05) is 13.0 Å². The summed E-state index contributed by atoms with van der Waals surface area (Å²) in [5.74, 6) is 2.98.